The number of aromatic amines is 3. The number of hydrogen-bond donors (Lipinski definition) is 3. The Hall–Kier alpha value is -3.58. The molecule has 1 aliphatic heterocycles. The van der Waals surface area contributed by atoms with Crippen LogP contribution >= 0.6 is 11.6 Å². The molecule has 144 valence electrons. The van der Waals surface area contributed by atoms with Gasteiger partial charge in [-0.2, -0.15) is 0 Å². The minimum atomic E-state index is -0.678. The molecule has 0 fully saturated rings. The van der Waals surface area contributed by atoms with Crippen LogP contribution in [0.25, 0.3) is 22.3 Å². The number of nitrogens with zero attached hydrogens (tertiary/aromatic N) is 1. The van der Waals surface area contributed by atoms with E-state index in [1.54, 1.807) is 36.2 Å². The number of rotatable bonds is 2. The zero-order chi connectivity index (χ0) is 20.3. The molecule has 0 bridgehead atoms. The van der Waals surface area contributed by atoms with Crippen molar-refractivity contribution < 1.29 is 4.79 Å². The van der Waals surface area contributed by atoms with Crippen LogP contribution in [-0.2, 0) is 4.79 Å². The summed E-state index contributed by atoms with van der Waals surface area (Å²) in [6, 6.07) is 14.6. The van der Waals surface area contributed by atoms with Gasteiger partial charge in [0.25, 0.3) is 5.56 Å². The van der Waals surface area contributed by atoms with Crippen molar-refractivity contribution in [1.29, 1.82) is 0 Å². The molecular weight excluding hydrogens is 392 g/mol. The van der Waals surface area contributed by atoms with Crippen molar-refractivity contribution >= 4 is 34.2 Å². The number of carbonyl (C=O) groups is 1. The van der Waals surface area contributed by atoms with E-state index in [-0.39, 0.29) is 16.9 Å². The van der Waals surface area contributed by atoms with E-state index in [9.17, 15) is 14.4 Å². The van der Waals surface area contributed by atoms with Gasteiger partial charge in [-0.05, 0) is 29.3 Å². The van der Waals surface area contributed by atoms with Gasteiger partial charge in [0.1, 0.15) is 5.65 Å². The summed E-state index contributed by atoms with van der Waals surface area (Å²) in [6.07, 6.45) is 0. The lowest BCUT2D eigenvalue weighted by Crippen LogP contribution is -2.26. The summed E-state index contributed by atoms with van der Waals surface area (Å²) in [5.74, 6) is -0.824. The van der Waals surface area contributed by atoms with Crippen molar-refractivity contribution in [2.75, 3.05) is 11.9 Å². The predicted octanol–water partition coefficient (Wildman–Crippen LogP) is 2.97. The number of nitrogens with one attached hydrogen (secondary N) is 3. The highest BCUT2D eigenvalue weighted by atomic mass is 35.5. The zero-order valence-electron chi connectivity index (χ0n) is 15.2. The monoisotopic (exact) mass is 406 g/mol. The summed E-state index contributed by atoms with van der Waals surface area (Å²) in [5.41, 5.74) is 2.58. The maximum atomic E-state index is 13.2. The Kier molecular flexibility index (Phi) is 3.75. The predicted molar refractivity (Wildman–Crippen MR) is 112 cm³/mol. The Morgan fingerprint density at radius 1 is 0.931 bits per heavy atom. The average Bonchev–Trinajstić information content (AvgIpc) is 3.18. The Balaban J connectivity index is 1.89. The Bertz CT molecular complexity index is 1400. The lowest BCUT2D eigenvalue weighted by molar-refractivity contribution is -0.118. The van der Waals surface area contributed by atoms with Crippen molar-refractivity contribution in [3.63, 3.8) is 0 Å². The third-order valence-electron chi connectivity index (χ3n) is 5.34. The first kappa shape index (κ1) is 17.5. The van der Waals surface area contributed by atoms with E-state index < -0.39 is 17.2 Å². The van der Waals surface area contributed by atoms with Crippen LogP contribution < -0.4 is 16.1 Å². The van der Waals surface area contributed by atoms with E-state index in [2.05, 4.69) is 15.0 Å². The highest BCUT2D eigenvalue weighted by Crippen LogP contribution is 2.45. The molecule has 29 heavy (non-hydrogen) atoms. The molecule has 3 N–H and O–H groups in total. The molecule has 8 heteroatoms. The second-order valence-corrected chi connectivity index (χ2v) is 7.40. The first-order chi connectivity index (χ1) is 14.0. The molecule has 0 saturated heterocycles. The quantitative estimate of drug-likeness (QED) is 0.477. The summed E-state index contributed by atoms with van der Waals surface area (Å²) in [7, 11) is 1.71. The molecule has 7 nitrogen and oxygen atoms in total. The van der Waals surface area contributed by atoms with Crippen molar-refractivity contribution in [1.82, 2.24) is 15.0 Å². The van der Waals surface area contributed by atoms with Gasteiger partial charge in [0.2, 0.25) is 5.91 Å². The molecule has 5 rings (SSSR count). The fourth-order valence-corrected chi connectivity index (χ4v) is 4.17. The Morgan fingerprint density at radius 2 is 1.66 bits per heavy atom. The van der Waals surface area contributed by atoms with E-state index in [0.717, 1.165) is 16.8 Å². The van der Waals surface area contributed by atoms with Crippen molar-refractivity contribution in [3.8, 4) is 11.3 Å². The number of carbonyl (C=O) groups excluding carboxylic acids is 1. The molecule has 1 atom stereocenters. The van der Waals surface area contributed by atoms with Crippen LogP contribution in [0.15, 0.2) is 58.1 Å². The number of fused-ring (bicyclic) bond motifs is 2. The molecule has 1 unspecified atom stereocenters. The second-order valence-electron chi connectivity index (χ2n) is 6.97. The molecule has 2 aromatic carbocycles. The minimum Gasteiger partial charge on any atom is -0.340 e. The van der Waals surface area contributed by atoms with Gasteiger partial charge in [0.15, 0.2) is 0 Å². The number of anilines is 1. The van der Waals surface area contributed by atoms with Gasteiger partial charge in [-0.1, -0.05) is 41.9 Å². The summed E-state index contributed by atoms with van der Waals surface area (Å²) in [5, 5.41) is 0.831. The van der Waals surface area contributed by atoms with Gasteiger partial charge in [-0.15, -0.1) is 0 Å². The number of amides is 1. The summed E-state index contributed by atoms with van der Waals surface area (Å²) in [4.78, 5) is 47.4. The number of aromatic nitrogens is 3. The van der Waals surface area contributed by atoms with Crippen LogP contribution in [0.3, 0.4) is 0 Å². The normalized spacial score (nSPS) is 15.9. The van der Waals surface area contributed by atoms with Crippen LogP contribution in [0.4, 0.5) is 5.69 Å². The number of halogens is 1. The molecule has 3 heterocycles. The highest BCUT2D eigenvalue weighted by molar-refractivity contribution is 6.30. The smallest absolute Gasteiger partial charge is 0.327 e. The molecule has 0 radical (unpaired) electrons. The number of likely N-dealkylation sites (N-methyl/N-ethyl adjacent to an activating group) is 1. The number of hydrogen-bond acceptors (Lipinski definition) is 3. The van der Waals surface area contributed by atoms with Crippen LogP contribution in [0.1, 0.15) is 17.0 Å². The number of benzene rings is 2. The molecule has 0 saturated carbocycles. The molecular formula is C21H15ClN4O3. The molecule has 1 amide bonds. The van der Waals surface area contributed by atoms with Crippen LogP contribution in [0, 0.1) is 0 Å². The number of H-pyrrole nitrogens is 3. The van der Waals surface area contributed by atoms with Gasteiger partial charge in [0.05, 0.1) is 17.0 Å². The van der Waals surface area contributed by atoms with Gasteiger partial charge < -0.3 is 9.88 Å². The highest BCUT2D eigenvalue weighted by Gasteiger charge is 2.39. The fourth-order valence-electron chi connectivity index (χ4n) is 4.05. The largest absolute Gasteiger partial charge is 0.340 e. The molecule has 2 aromatic heterocycles. The summed E-state index contributed by atoms with van der Waals surface area (Å²) >= 11 is 6.03. The first-order valence-corrected chi connectivity index (χ1v) is 9.34. The van der Waals surface area contributed by atoms with E-state index in [4.69, 9.17) is 11.6 Å². The Morgan fingerprint density at radius 3 is 2.41 bits per heavy atom. The van der Waals surface area contributed by atoms with Crippen LogP contribution in [-0.4, -0.2) is 27.9 Å². The van der Waals surface area contributed by atoms with Crippen molar-refractivity contribution in [2.45, 2.75) is 5.92 Å². The summed E-state index contributed by atoms with van der Waals surface area (Å²) in [6.45, 7) is 0. The fraction of sp³-hybridized carbons (Fsp3) is 0.0952. The van der Waals surface area contributed by atoms with Crippen molar-refractivity contribution in [3.05, 3.63) is 85.5 Å². The maximum absolute atomic E-state index is 13.2. The average molecular weight is 407 g/mol. The van der Waals surface area contributed by atoms with Gasteiger partial charge in [0, 0.05) is 23.3 Å². The second kappa shape index (κ2) is 6.22. The SMILES string of the molecule is CN1C(=O)C(c2c(-c3ccc(Cl)cc3)[nH]c3[nH]c(=O)[nH]c(=O)c23)c2ccccc21. The third kappa shape index (κ3) is 2.55. The molecule has 4 aromatic rings. The lowest BCUT2D eigenvalue weighted by atomic mass is 9.89. The first-order valence-electron chi connectivity index (χ1n) is 8.96. The standard InChI is InChI=1S/C21H15ClN4O3/c1-26-13-5-3-2-4-12(13)14(20(26)28)15-16-18(24-21(29)25-19(16)27)23-17(15)10-6-8-11(22)9-7-10/h2-9,14H,1H3,(H3,23,24,25,27,29). The molecule has 0 spiro atoms. The maximum Gasteiger partial charge on any atom is 0.327 e. The molecule has 0 aliphatic carbocycles. The van der Waals surface area contributed by atoms with Gasteiger partial charge in [-0.3, -0.25) is 19.6 Å². The Labute approximate surface area is 169 Å². The number of para-hydroxylation sites is 1. The third-order valence-corrected chi connectivity index (χ3v) is 5.59. The van der Waals surface area contributed by atoms with E-state index in [0.29, 0.717) is 16.3 Å². The lowest BCUT2D eigenvalue weighted by Gasteiger charge is -2.13. The van der Waals surface area contributed by atoms with E-state index in [1.165, 1.54) is 0 Å². The minimum absolute atomic E-state index is 0.145. The van der Waals surface area contributed by atoms with Gasteiger partial charge in [-0.25, -0.2) is 4.79 Å². The summed E-state index contributed by atoms with van der Waals surface area (Å²) < 4.78 is 0. The van der Waals surface area contributed by atoms with Crippen LogP contribution in [0.5, 0.6) is 0 Å². The zero-order valence-corrected chi connectivity index (χ0v) is 16.0. The topological polar surface area (TPSA) is 102 Å². The van der Waals surface area contributed by atoms with Crippen LogP contribution in [0.2, 0.25) is 5.02 Å². The van der Waals surface area contributed by atoms with Gasteiger partial charge >= 0.3 is 5.69 Å². The van der Waals surface area contributed by atoms with Crippen molar-refractivity contribution in [2.24, 2.45) is 0 Å². The van der Waals surface area contributed by atoms with E-state index in [1.807, 2.05) is 24.3 Å². The van der Waals surface area contributed by atoms with E-state index >= 15 is 0 Å². The molecule has 1 aliphatic rings.